The molecule has 5 aromatic rings. The molecule has 0 radical (unpaired) electrons. The van der Waals surface area contributed by atoms with E-state index in [2.05, 4.69) is 30.1 Å². The maximum Gasteiger partial charge on any atom is 0.314 e. The van der Waals surface area contributed by atoms with Gasteiger partial charge in [-0.3, -0.25) is 19.5 Å². The van der Waals surface area contributed by atoms with Crippen molar-refractivity contribution in [2.75, 3.05) is 46.2 Å². The smallest absolute Gasteiger partial charge is 0.314 e. The number of methoxy groups -OCH3 is 2. The average molecular weight is 831 g/mol. The molecule has 0 fully saturated rings. The zero-order valence-corrected chi connectivity index (χ0v) is 35.8. The molecule has 57 heavy (non-hydrogen) atoms. The first kappa shape index (κ1) is 44.5. The summed E-state index contributed by atoms with van der Waals surface area (Å²) in [5, 5.41) is 7.78. The van der Waals surface area contributed by atoms with E-state index in [-0.39, 0.29) is 31.1 Å². The van der Waals surface area contributed by atoms with Crippen molar-refractivity contribution in [2.24, 2.45) is 15.8 Å². The lowest BCUT2D eigenvalue weighted by molar-refractivity contribution is -0.153. The predicted octanol–water partition coefficient (Wildman–Crippen LogP) is 8.38. The van der Waals surface area contributed by atoms with Crippen LogP contribution in [0.3, 0.4) is 0 Å². The number of ether oxygens (including phenoxy) is 4. The Balaban J connectivity index is 0.000000253. The number of nitrogens with one attached hydrogen (secondary N) is 1. The number of pyridine rings is 2. The number of amides is 1. The first-order valence-corrected chi connectivity index (χ1v) is 21.1. The van der Waals surface area contributed by atoms with Gasteiger partial charge < -0.3 is 18.9 Å². The highest BCUT2D eigenvalue weighted by Crippen LogP contribution is 2.27. The molecule has 3 heterocycles. The second-order valence-electron chi connectivity index (χ2n) is 13.5. The number of aromatic nitrogens is 5. The van der Waals surface area contributed by atoms with E-state index in [9.17, 15) is 14.4 Å². The highest BCUT2D eigenvalue weighted by Gasteiger charge is 2.30. The monoisotopic (exact) mass is 830 g/mol. The zero-order chi connectivity index (χ0) is 41.6. The number of hydrogen-bond acceptors (Lipinski definition) is 14. The second-order valence-corrected chi connectivity index (χ2v) is 16.1. The number of benzene rings is 2. The molecular weight excluding hydrogens is 785 g/mol. The second kappa shape index (κ2) is 20.8. The fourth-order valence-electron chi connectivity index (χ4n) is 4.87. The molecule has 3 aromatic heterocycles. The normalized spacial score (nSPS) is 11.1. The van der Waals surface area contributed by atoms with Gasteiger partial charge in [0, 0.05) is 46.8 Å². The number of esters is 2. The van der Waals surface area contributed by atoms with Crippen LogP contribution in [0.15, 0.2) is 95.3 Å². The number of hydrogen-bond donors (Lipinski definition) is 1. The van der Waals surface area contributed by atoms with Crippen LogP contribution in [0.25, 0.3) is 33.6 Å². The molecule has 13 nitrogen and oxygen atoms in total. The van der Waals surface area contributed by atoms with Crippen molar-refractivity contribution in [2.45, 2.75) is 32.9 Å². The van der Waals surface area contributed by atoms with E-state index in [4.69, 9.17) is 18.9 Å². The van der Waals surface area contributed by atoms with Gasteiger partial charge in [0.2, 0.25) is 16.9 Å². The minimum atomic E-state index is -0.758. The van der Waals surface area contributed by atoms with E-state index in [1.54, 1.807) is 64.4 Å². The Morgan fingerprint density at radius 1 is 0.649 bits per heavy atom. The SMILES string of the molecule is COC(=O)C(C)(C)COc1ccc(-c2ccc(-c3nc(SC)n[nH]3)cc2)cn1.COC(=O)C(C)(C)COc1ccc(-c2ccc(C(=O)N=C(SC)SC)cc2)cn1. The Kier molecular flexibility index (Phi) is 16.3. The summed E-state index contributed by atoms with van der Waals surface area (Å²) in [6.07, 6.45) is 9.16. The topological polar surface area (TPSA) is 168 Å². The standard InChI is InChI=1S/C21H24N2O4S2.C20H22N4O3S/c1-21(2,19(25)26-3)13-27-17-11-10-16(12-22-17)14-6-8-15(9-7-14)18(24)23-20(28-4)29-5;1-20(2,18(25)26-3)12-27-16-10-9-15(11-21-16)13-5-7-14(8-6-13)17-22-19(28-4)24-23-17/h6-12H,13H2,1-5H3;5-11H,12H2,1-4H3,(H,22,23,24). The number of H-pyrrole nitrogens is 1. The third-order valence-corrected chi connectivity index (χ3v) is 10.7. The van der Waals surface area contributed by atoms with Gasteiger partial charge in [0.25, 0.3) is 5.91 Å². The van der Waals surface area contributed by atoms with E-state index in [0.717, 1.165) is 38.0 Å². The highest BCUT2D eigenvalue weighted by molar-refractivity contribution is 8.38. The number of carbonyl (C=O) groups is 3. The predicted molar refractivity (Wildman–Crippen MR) is 228 cm³/mol. The molecule has 0 saturated carbocycles. The van der Waals surface area contributed by atoms with Gasteiger partial charge in [0.05, 0.1) is 25.0 Å². The number of carbonyl (C=O) groups excluding carboxylic acids is 3. The van der Waals surface area contributed by atoms with Gasteiger partial charge in [-0.05, 0) is 81.9 Å². The third kappa shape index (κ3) is 12.7. The van der Waals surface area contributed by atoms with E-state index < -0.39 is 10.8 Å². The Bertz CT molecular complexity index is 2120. The molecule has 0 aliphatic carbocycles. The van der Waals surface area contributed by atoms with Crippen LogP contribution in [-0.2, 0) is 19.1 Å². The van der Waals surface area contributed by atoms with Crippen molar-refractivity contribution in [3.8, 4) is 45.4 Å². The first-order chi connectivity index (χ1) is 27.2. The molecule has 0 unspecified atom stereocenters. The minimum Gasteiger partial charge on any atom is -0.476 e. The van der Waals surface area contributed by atoms with Gasteiger partial charge in [-0.25, -0.2) is 15.0 Å². The first-order valence-electron chi connectivity index (χ1n) is 17.5. The van der Waals surface area contributed by atoms with Crippen LogP contribution in [0, 0.1) is 10.8 Å². The van der Waals surface area contributed by atoms with E-state index in [0.29, 0.717) is 22.5 Å². The molecule has 0 aliphatic heterocycles. The van der Waals surface area contributed by atoms with Crippen LogP contribution in [-0.4, -0.2) is 93.6 Å². The van der Waals surface area contributed by atoms with Gasteiger partial charge in [-0.15, -0.1) is 28.6 Å². The molecule has 0 atom stereocenters. The van der Waals surface area contributed by atoms with Crippen molar-refractivity contribution in [3.63, 3.8) is 0 Å². The molecule has 0 saturated heterocycles. The molecule has 0 aliphatic rings. The van der Waals surface area contributed by atoms with Gasteiger partial charge in [-0.1, -0.05) is 48.2 Å². The van der Waals surface area contributed by atoms with E-state index >= 15 is 0 Å². The largest absolute Gasteiger partial charge is 0.476 e. The van der Waals surface area contributed by atoms with Crippen LogP contribution < -0.4 is 9.47 Å². The van der Waals surface area contributed by atoms with Gasteiger partial charge >= 0.3 is 11.9 Å². The number of nitrogens with zero attached hydrogens (tertiary/aromatic N) is 5. The highest BCUT2D eigenvalue weighted by atomic mass is 32.2. The van der Waals surface area contributed by atoms with Crippen molar-refractivity contribution in [1.82, 2.24) is 25.1 Å². The van der Waals surface area contributed by atoms with Crippen molar-refractivity contribution < 1.29 is 33.3 Å². The van der Waals surface area contributed by atoms with Gasteiger partial charge in [-0.2, -0.15) is 4.99 Å². The van der Waals surface area contributed by atoms with Gasteiger partial charge in [0.1, 0.15) is 17.6 Å². The zero-order valence-electron chi connectivity index (χ0n) is 33.3. The molecular formula is C41H46N6O7S3. The number of aliphatic imine (C=N–C) groups is 1. The third-order valence-electron chi connectivity index (χ3n) is 8.26. The molecule has 16 heteroatoms. The van der Waals surface area contributed by atoms with Crippen molar-refractivity contribution in [3.05, 3.63) is 90.8 Å². The molecule has 0 bridgehead atoms. The summed E-state index contributed by atoms with van der Waals surface area (Å²) in [4.78, 5) is 52.8. The summed E-state index contributed by atoms with van der Waals surface area (Å²) in [6, 6.07) is 22.6. The lowest BCUT2D eigenvalue weighted by Crippen LogP contribution is -2.32. The van der Waals surface area contributed by atoms with Crippen molar-refractivity contribution in [1.29, 1.82) is 0 Å². The van der Waals surface area contributed by atoms with Crippen LogP contribution in [0.5, 0.6) is 11.8 Å². The molecule has 1 N–H and O–H groups in total. The fourth-order valence-corrected chi connectivity index (χ4v) is 6.20. The summed E-state index contributed by atoms with van der Waals surface area (Å²) in [6.45, 7) is 7.40. The maximum atomic E-state index is 12.2. The van der Waals surface area contributed by atoms with Crippen LogP contribution in [0.2, 0.25) is 0 Å². The Labute approximate surface area is 345 Å². The van der Waals surface area contributed by atoms with Crippen LogP contribution in [0.1, 0.15) is 38.1 Å². The average Bonchev–Trinajstić information content (AvgIpc) is 3.74. The van der Waals surface area contributed by atoms with Gasteiger partial charge in [0.15, 0.2) is 5.82 Å². The van der Waals surface area contributed by atoms with Crippen LogP contribution >= 0.6 is 35.3 Å². The molecule has 1 amide bonds. The molecule has 5 rings (SSSR count). The number of rotatable bonds is 13. The minimum absolute atomic E-state index is 0.164. The molecule has 0 spiro atoms. The summed E-state index contributed by atoms with van der Waals surface area (Å²) in [5.41, 5.74) is 3.82. The molecule has 300 valence electrons. The Morgan fingerprint density at radius 2 is 1.09 bits per heavy atom. The number of thioether (sulfide) groups is 3. The fraction of sp³-hybridized carbons (Fsp3) is 0.317. The van der Waals surface area contributed by atoms with E-state index in [1.165, 1.54) is 49.5 Å². The summed E-state index contributed by atoms with van der Waals surface area (Å²) < 4.78 is 21.5. The lowest BCUT2D eigenvalue weighted by atomic mass is 9.95. The molecule has 2 aromatic carbocycles. The summed E-state index contributed by atoms with van der Waals surface area (Å²) >= 11 is 4.39. The summed E-state index contributed by atoms with van der Waals surface area (Å²) in [5.74, 6) is 0.712. The van der Waals surface area contributed by atoms with E-state index in [1.807, 2.05) is 67.3 Å². The maximum absolute atomic E-state index is 12.2. The number of aromatic amines is 1. The Morgan fingerprint density at radius 3 is 1.47 bits per heavy atom. The lowest BCUT2D eigenvalue weighted by Gasteiger charge is -2.21. The van der Waals surface area contributed by atoms with Crippen molar-refractivity contribution >= 4 is 57.5 Å². The Hall–Kier alpha value is -5.19. The quantitative estimate of drug-likeness (QED) is 0.0520. The van der Waals surface area contributed by atoms with Crippen LogP contribution in [0.4, 0.5) is 0 Å². The summed E-state index contributed by atoms with van der Waals surface area (Å²) in [7, 11) is 2.72.